The highest BCUT2D eigenvalue weighted by Gasteiger charge is 2.16. The standard InChI is InChI=1S/C19H16O3/c1-12-11-14(8-10-17(12)22-2)16-9-7-13-5-3-4-6-15(13)18(16)19(20)21/h3-11H,1-2H3,(H,20,21). The normalized spacial score (nSPS) is 10.6. The van der Waals surface area contributed by atoms with Crippen LogP contribution in [-0.4, -0.2) is 18.2 Å². The molecule has 0 bridgehead atoms. The number of rotatable bonds is 3. The molecular formula is C19H16O3. The van der Waals surface area contributed by atoms with Gasteiger partial charge >= 0.3 is 5.97 Å². The van der Waals surface area contributed by atoms with Gasteiger partial charge in [0, 0.05) is 0 Å². The highest BCUT2D eigenvalue weighted by atomic mass is 16.5. The maximum Gasteiger partial charge on any atom is 0.336 e. The molecule has 0 unspecified atom stereocenters. The minimum atomic E-state index is -0.916. The Morgan fingerprint density at radius 2 is 1.82 bits per heavy atom. The van der Waals surface area contributed by atoms with Crippen molar-refractivity contribution < 1.29 is 14.6 Å². The van der Waals surface area contributed by atoms with Crippen LogP contribution in [-0.2, 0) is 0 Å². The summed E-state index contributed by atoms with van der Waals surface area (Å²) in [5.74, 6) is -0.123. The van der Waals surface area contributed by atoms with Crippen molar-refractivity contribution in [2.75, 3.05) is 7.11 Å². The number of methoxy groups -OCH3 is 1. The van der Waals surface area contributed by atoms with Gasteiger partial charge in [-0.1, -0.05) is 42.5 Å². The number of carboxylic acids is 1. The smallest absolute Gasteiger partial charge is 0.336 e. The van der Waals surface area contributed by atoms with Crippen LogP contribution in [0.15, 0.2) is 54.6 Å². The van der Waals surface area contributed by atoms with Gasteiger partial charge in [-0.05, 0) is 46.5 Å². The van der Waals surface area contributed by atoms with E-state index in [0.29, 0.717) is 5.56 Å². The second kappa shape index (κ2) is 5.53. The molecule has 3 rings (SSSR count). The van der Waals surface area contributed by atoms with Crippen LogP contribution in [0.3, 0.4) is 0 Å². The average molecular weight is 292 g/mol. The lowest BCUT2D eigenvalue weighted by Crippen LogP contribution is -2.01. The molecule has 3 aromatic carbocycles. The van der Waals surface area contributed by atoms with E-state index in [2.05, 4.69) is 0 Å². The van der Waals surface area contributed by atoms with Crippen LogP contribution in [0.2, 0.25) is 0 Å². The second-order valence-corrected chi connectivity index (χ2v) is 5.20. The van der Waals surface area contributed by atoms with E-state index in [1.54, 1.807) is 7.11 Å². The number of hydrogen-bond donors (Lipinski definition) is 1. The summed E-state index contributed by atoms with van der Waals surface area (Å²) in [4.78, 5) is 11.8. The van der Waals surface area contributed by atoms with Crippen molar-refractivity contribution in [2.24, 2.45) is 0 Å². The number of fused-ring (bicyclic) bond motifs is 1. The van der Waals surface area contributed by atoms with E-state index < -0.39 is 5.97 Å². The summed E-state index contributed by atoms with van der Waals surface area (Å²) < 4.78 is 5.27. The first-order valence-corrected chi connectivity index (χ1v) is 7.02. The van der Waals surface area contributed by atoms with Crippen LogP contribution < -0.4 is 4.74 Å². The number of carbonyl (C=O) groups is 1. The number of ether oxygens (including phenoxy) is 1. The Bertz CT molecular complexity index is 866. The van der Waals surface area contributed by atoms with Crippen LogP contribution in [0.4, 0.5) is 0 Å². The van der Waals surface area contributed by atoms with E-state index in [9.17, 15) is 9.90 Å². The highest BCUT2D eigenvalue weighted by molar-refractivity contribution is 6.09. The molecule has 0 aliphatic heterocycles. The molecule has 1 N–H and O–H groups in total. The molecule has 110 valence electrons. The lowest BCUT2D eigenvalue weighted by atomic mass is 9.93. The lowest BCUT2D eigenvalue weighted by Gasteiger charge is -2.12. The average Bonchev–Trinajstić information content (AvgIpc) is 2.53. The number of aryl methyl sites for hydroxylation is 1. The summed E-state index contributed by atoms with van der Waals surface area (Å²) in [6.45, 7) is 1.95. The summed E-state index contributed by atoms with van der Waals surface area (Å²) in [7, 11) is 1.63. The van der Waals surface area contributed by atoms with Gasteiger partial charge in [-0.25, -0.2) is 4.79 Å². The Hall–Kier alpha value is -2.81. The molecule has 0 saturated carbocycles. The van der Waals surface area contributed by atoms with Gasteiger partial charge in [0.05, 0.1) is 12.7 Å². The second-order valence-electron chi connectivity index (χ2n) is 5.20. The summed E-state index contributed by atoms with van der Waals surface area (Å²) in [6, 6.07) is 17.1. The Balaban J connectivity index is 2.29. The molecule has 22 heavy (non-hydrogen) atoms. The van der Waals surface area contributed by atoms with Crippen LogP contribution >= 0.6 is 0 Å². The summed E-state index contributed by atoms with van der Waals surface area (Å²) >= 11 is 0. The van der Waals surface area contributed by atoms with Crippen LogP contribution in [0, 0.1) is 6.92 Å². The number of hydrogen-bond acceptors (Lipinski definition) is 2. The van der Waals surface area contributed by atoms with Crippen molar-refractivity contribution in [1.82, 2.24) is 0 Å². The number of aromatic carboxylic acids is 1. The first-order valence-electron chi connectivity index (χ1n) is 7.02. The molecule has 0 aromatic heterocycles. The molecule has 0 saturated heterocycles. The molecule has 3 nitrogen and oxygen atoms in total. The Kier molecular flexibility index (Phi) is 3.55. The fourth-order valence-electron chi connectivity index (χ4n) is 2.79. The molecule has 3 heteroatoms. The zero-order valence-corrected chi connectivity index (χ0v) is 12.5. The van der Waals surface area contributed by atoms with Crippen LogP contribution in [0.25, 0.3) is 21.9 Å². The molecular weight excluding hydrogens is 276 g/mol. The van der Waals surface area contributed by atoms with Gasteiger partial charge in [-0.15, -0.1) is 0 Å². The maximum absolute atomic E-state index is 11.8. The number of carboxylic acid groups (broad SMARTS) is 1. The van der Waals surface area contributed by atoms with Gasteiger partial charge in [0.2, 0.25) is 0 Å². The fourth-order valence-corrected chi connectivity index (χ4v) is 2.79. The predicted octanol–water partition coefficient (Wildman–Crippen LogP) is 4.52. The van der Waals surface area contributed by atoms with Gasteiger partial charge in [0.15, 0.2) is 0 Å². The third-order valence-corrected chi connectivity index (χ3v) is 3.85. The highest BCUT2D eigenvalue weighted by Crippen LogP contribution is 2.32. The maximum atomic E-state index is 11.8. The molecule has 0 spiro atoms. The molecule has 0 atom stereocenters. The molecule has 0 aliphatic rings. The zero-order valence-electron chi connectivity index (χ0n) is 12.5. The predicted molar refractivity (Wildman–Crippen MR) is 87.6 cm³/mol. The third kappa shape index (κ3) is 2.31. The molecule has 0 amide bonds. The van der Waals surface area contributed by atoms with Crippen molar-refractivity contribution in [3.05, 3.63) is 65.7 Å². The van der Waals surface area contributed by atoms with Crippen molar-refractivity contribution >= 4 is 16.7 Å². The SMILES string of the molecule is COc1ccc(-c2ccc3ccccc3c2C(=O)O)cc1C. The minimum absolute atomic E-state index is 0.336. The molecule has 0 fully saturated rings. The Morgan fingerprint density at radius 3 is 2.50 bits per heavy atom. The quantitative estimate of drug-likeness (QED) is 0.772. The van der Waals surface area contributed by atoms with Crippen molar-refractivity contribution in [1.29, 1.82) is 0 Å². The van der Waals surface area contributed by atoms with Crippen molar-refractivity contribution in [2.45, 2.75) is 6.92 Å². The van der Waals surface area contributed by atoms with E-state index in [-0.39, 0.29) is 0 Å². The largest absolute Gasteiger partial charge is 0.496 e. The van der Waals surface area contributed by atoms with E-state index in [1.165, 1.54) is 0 Å². The Morgan fingerprint density at radius 1 is 1.05 bits per heavy atom. The molecule has 0 radical (unpaired) electrons. The summed E-state index contributed by atoms with van der Waals surface area (Å²) in [6.07, 6.45) is 0. The first kappa shape index (κ1) is 14.1. The van der Waals surface area contributed by atoms with Crippen LogP contribution in [0.1, 0.15) is 15.9 Å². The van der Waals surface area contributed by atoms with E-state index in [1.807, 2.05) is 61.5 Å². The minimum Gasteiger partial charge on any atom is -0.496 e. The van der Waals surface area contributed by atoms with E-state index in [4.69, 9.17) is 4.74 Å². The first-order chi connectivity index (χ1) is 10.6. The van der Waals surface area contributed by atoms with Crippen LogP contribution in [0.5, 0.6) is 5.75 Å². The van der Waals surface area contributed by atoms with Gasteiger partial charge in [0.25, 0.3) is 0 Å². The van der Waals surface area contributed by atoms with Gasteiger partial charge in [0.1, 0.15) is 5.75 Å². The zero-order chi connectivity index (χ0) is 15.7. The Labute approximate surface area is 128 Å². The number of benzene rings is 3. The van der Waals surface area contributed by atoms with E-state index >= 15 is 0 Å². The van der Waals surface area contributed by atoms with Gasteiger partial charge < -0.3 is 9.84 Å². The molecule has 0 aliphatic carbocycles. The van der Waals surface area contributed by atoms with Crippen molar-refractivity contribution in [3.63, 3.8) is 0 Å². The summed E-state index contributed by atoms with van der Waals surface area (Å²) in [5, 5.41) is 11.3. The third-order valence-electron chi connectivity index (χ3n) is 3.85. The monoisotopic (exact) mass is 292 g/mol. The van der Waals surface area contributed by atoms with Crippen molar-refractivity contribution in [3.8, 4) is 16.9 Å². The molecule has 3 aromatic rings. The van der Waals surface area contributed by atoms with E-state index in [0.717, 1.165) is 33.2 Å². The lowest BCUT2D eigenvalue weighted by molar-refractivity contribution is 0.0700. The van der Waals surface area contributed by atoms with Gasteiger partial charge in [-0.2, -0.15) is 0 Å². The fraction of sp³-hybridized carbons (Fsp3) is 0.105. The topological polar surface area (TPSA) is 46.5 Å². The van der Waals surface area contributed by atoms with Gasteiger partial charge in [-0.3, -0.25) is 0 Å². The summed E-state index contributed by atoms with van der Waals surface area (Å²) in [5.41, 5.74) is 2.91. The molecule has 0 heterocycles.